The molecule has 5 rings (SSSR count). The van der Waals surface area contributed by atoms with E-state index < -0.39 is 0 Å². The van der Waals surface area contributed by atoms with Gasteiger partial charge in [-0.05, 0) is 57.8 Å². The van der Waals surface area contributed by atoms with Crippen molar-refractivity contribution in [3.63, 3.8) is 0 Å². The fourth-order valence-electron chi connectivity index (χ4n) is 4.44. The normalized spacial score (nSPS) is 15.9. The minimum absolute atomic E-state index is 0.0405. The Bertz CT molecular complexity index is 1280. The summed E-state index contributed by atoms with van der Waals surface area (Å²) in [6, 6.07) is 25.4. The largest absolute Gasteiger partial charge is 0.308 e. The second-order valence-corrected chi connectivity index (χ2v) is 8.97. The fraction of sp³-hybridized carbons (Fsp3) is 0.115. The Morgan fingerprint density at radius 3 is 2.23 bits per heavy atom. The van der Waals surface area contributed by atoms with Crippen molar-refractivity contribution >= 4 is 57.2 Å². The molecule has 154 valence electrons. The third-order valence-electron chi connectivity index (χ3n) is 5.87. The van der Waals surface area contributed by atoms with Gasteiger partial charge in [0.1, 0.15) is 0 Å². The van der Waals surface area contributed by atoms with Crippen molar-refractivity contribution in [1.29, 1.82) is 0 Å². The van der Waals surface area contributed by atoms with Crippen molar-refractivity contribution in [1.82, 2.24) is 0 Å². The zero-order valence-corrected chi connectivity index (χ0v) is 18.8. The lowest BCUT2D eigenvalue weighted by atomic mass is 9.81. The van der Waals surface area contributed by atoms with Gasteiger partial charge in [0, 0.05) is 33.1 Å². The Labute approximate surface area is 196 Å². The summed E-state index contributed by atoms with van der Waals surface area (Å²) in [5.74, 6) is -0.171. The highest BCUT2D eigenvalue weighted by Gasteiger charge is 2.35. The zero-order chi connectivity index (χ0) is 21.5. The molecule has 31 heavy (non-hydrogen) atoms. The molecule has 0 spiro atoms. The number of amides is 1. The molecule has 2 nitrogen and oxygen atoms in total. The lowest BCUT2D eigenvalue weighted by Crippen LogP contribution is -2.36. The number of carbonyl (C=O) groups is 1. The summed E-state index contributed by atoms with van der Waals surface area (Å²) < 4.78 is 0. The number of halogens is 3. The van der Waals surface area contributed by atoms with E-state index in [2.05, 4.69) is 18.2 Å². The predicted octanol–water partition coefficient (Wildman–Crippen LogP) is 7.87. The Hall–Kier alpha value is -2.52. The molecule has 0 bridgehead atoms. The minimum atomic E-state index is -0.212. The fourth-order valence-corrected chi connectivity index (χ4v) is 5.23. The van der Waals surface area contributed by atoms with Crippen molar-refractivity contribution in [2.24, 2.45) is 0 Å². The first-order valence-electron chi connectivity index (χ1n) is 10.0. The van der Waals surface area contributed by atoms with Gasteiger partial charge in [0.05, 0.1) is 6.54 Å². The van der Waals surface area contributed by atoms with Crippen molar-refractivity contribution in [2.75, 3.05) is 4.90 Å². The molecule has 1 aliphatic heterocycles. The molecule has 1 amide bonds. The number of hydrogen-bond acceptors (Lipinski definition) is 1. The zero-order valence-electron chi connectivity index (χ0n) is 16.5. The van der Waals surface area contributed by atoms with Crippen molar-refractivity contribution < 1.29 is 4.79 Å². The number of benzene rings is 4. The van der Waals surface area contributed by atoms with Crippen LogP contribution in [0.15, 0.2) is 78.9 Å². The lowest BCUT2D eigenvalue weighted by Gasteiger charge is -2.36. The molecule has 0 radical (unpaired) electrons. The number of carbonyl (C=O) groups excluding carboxylic acids is 1. The first kappa shape index (κ1) is 20.4. The molecule has 4 aromatic carbocycles. The lowest BCUT2D eigenvalue weighted by molar-refractivity contribution is -0.119. The molecule has 0 aliphatic carbocycles. The van der Waals surface area contributed by atoms with Crippen LogP contribution in [0.25, 0.3) is 10.8 Å². The maximum absolute atomic E-state index is 13.4. The van der Waals surface area contributed by atoms with Crippen LogP contribution in [0.5, 0.6) is 0 Å². The third kappa shape index (κ3) is 3.70. The predicted molar refractivity (Wildman–Crippen MR) is 130 cm³/mol. The van der Waals surface area contributed by atoms with Gasteiger partial charge in [0.2, 0.25) is 5.91 Å². The van der Waals surface area contributed by atoms with Crippen molar-refractivity contribution in [2.45, 2.75) is 18.9 Å². The van der Waals surface area contributed by atoms with Gasteiger partial charge >= 0.3 is 0 Å². The first-order valence-corrected chi connectivity index (χ1v) is 11.2. The van der Waals surface area contributed by atoms with Crippen LogP contribution in [-0.4, -0.2) is 5.91 Å². The molecule has 5 heteroatoms. The molecular formula is C26H18Cl3NO. The van der Waals surface area contributed by atoms with Crippen LogP contribution in [0.1, 0.15) is 29.0 Å². The molecule has 1 aliphatic rings. The minimum Gasteiger partial charge on any atom is -0.308 e. The number of rotatable bonds is 3. The molecule has 0 N–H and O–H groups in total. The summed E-state index contributed by atoms with van der Waals surface area (Å²) in [5.41, 5.74) is 3.81. The smallest absolute Gasteiger partial charge is 0.228 e. The summed E-state index contributed by atoms with van der Waals surface area (Å²) in [6.07, 6.45) is 0.304. The van der Waals surface area contributed by atoms with Gasteiger partial charge in [-0.1, -0.05) is 83.3 Å². The number of hydrogen-bond donors (Lipinski definition) is 0. The summed E-state index contributed by atoms with van der Waals surface area (Å²) in [4.78, 5) is 15.2. The van der Waals surface area contributed by atoms with E-state index in [0.717, 1.165) is 33.2 Å². The topological polar surface area (TPSA) is 20.3 Å². The van der Waals surface area contributed by atoms with Crippen LogP contribution < -0.4 is 4.90 Å². The molecule has 0 fully saturated rings. The van der Waals surface area contributed by atoms with E-state index in [1.807, 2.05) is 65.6 Å². The van der Waals surface area contributed by atoms with Gasteiger partial charge in [-0.2, -0.15) is 0 Å². The van der Waals surface area contributed by atoms with E-state index in [9.17, 15) is 4.79 Å². The summed E-state index contributed by atoms with van der Waals surface area (Å²) in [7, 11) is 0. The van der Waals surface area contributed by atoms with Crippen LogP contribution in [0, 0.1) is 0 Å². The van der Waals surface area contributed by atoms with E-state index in [1.165, 1.54) is 0 Å². The standard InChI is InChI=1S/C26H18Cl3NO/c27-18-11-8-16(9-12-18)15-30-23-13-10-17-4-1-2-5-19(17)25(23)20(14-24(30)31)26-21(28)6-3-7-22(26)29/h1-13,20H,14-15H2. The van der Waals surface area contributed by atoms with Gasteiger partial charge in [0.25, 0.3) is 0 Å². The van der Waals surface area contributed by atoms with Gasteiger partial charge in [-0.25, -0.2) is 0 Å². The van der Waals surface area contributed by atoms with E-state index >= 15 is 0 Å². The number of nitrogens with zero attached hydrogens (tertiary/aromatic N) is 1. The highest BCUT2D eigenvalue weighted by molar-refractivity contribution is 6.36. The monoisotopic (exact) mass is 465 g/mol. The van der Waals surface area contributed by atoms with Gasteiger partial charge < -0.3 is 4.90 Å². The molecule has 1 heterocycles. The highest BCUT2D eigenvalue weighted by Crippen LogP contribution is 2.47. The van der Waals surface area contributed by atoms with Gasteiger partial charge in [-0.3, -0.25) is 4.79 Å². The van der Waals surface area contributed by atoms with E-state index in [1.54, 1.807) is 0 Å². The Morgan fingerprint density at radius 2 is 1.48 bits per heavy atom. The first-order chi connectivity index (χ1) is 15.0. The Kier molecular flexibility index (Phi) is 5.39. The van der Waals surface area contributed by atoms with Gasteiger partial charge in [-0.15, -0.1) is 0 Å². The van der Waals surface area contributed by atoms with Gasteiger partial charge in [0.15, 0.2) is 0 Å². The Morgan fingerprint density at radius 1 is 0.774 bits per heavy atom. The molecule has 4 aromatic rings. The van der Waals surface area contributed by atoms with E-state index in [4.69, 9.17) is 34.8 Å². The Balaban J connectivity index is 1.71. The maximum atomic E-state index is 13.4. The van der Waals surface area contributed by atoms with E-state index in [-0.39, 0.29) is 11.8 Å². The third-order valence-corrected chi connectivity index (χ3v) is 6.78. The average molecular weight is 467 g/mol. The molecule has 1 unspecified atom stereocenters. The molecule has 1 atom stereocenters. The average Bonchev–Trinajstić information content (AvgIpc) is 2.77. The van der Waals surface area contributed by atoms with Crippen LogP contribution in [0.3, 0.4) is 0 Å². The molecule has 0 saturated carbocycles. The second-order valence-electron chi connectivity index (χ2n) is 7.72. The van der Waals surface area contributed by atoms with Crippen LogP contribution in [0.4, 0.5) is 5.69 Å². The second kappa shape index (κ2) is 8.20. The molecule has 0 aromatic heterocycles. The van der Waals surface area contributed by atoms with Crippen LogP contribution >= 0.6 is 34.8 Å². The van der Waals surface area contributed by atoms with Crippen molar-refractivity contribution in [3.05, 3.63) is 111 Å². The number of fused-ring (bicyclic) bond motifs is 3. The summed E-state index contributed by atoms with van der Waals surface area (Å²) in [6.45, 7) is 0.477. The van der Waals surface area contributed by atoms with Crippen molar-refractivity contribution in [3.8, 4) is 0 Å². The van der Waals surface area contributed by atoms with Crippen LogP contribution in [0.2, 0.25) is 15.1 Å². The summed E-state index contributed by atoms with van der Waals surface area (Å²) >= 11 is 19.2. The maximum Gasteiger partial charge on any atom is 0.228 e. The summed E-state index contributed by atoms with van der Waals surface area (Å²) in [5, 5.41) is 4.06. The quantitative estimate of drug-likeness (QED) is 0.301. The van der Waals surface area contributed by atoms with E-state index in [0.29, 0.717) is 28.0 Å². The molecule has 0 saturated heterocycles. The SMILES string of the molecule is O=C1CC(c2c(Cl)cccc2Cl)c2c(ccc3ccccc23)N1Cc1ccc(Cl)cc1. The highest BCUT2D eigenvalue weighted by atomic mass is 35.5. The van der Waals surface area contributed by atoms with Crippen LogP contribution in [-0.2, 0) is 11.3 Å². The molecular weight excluding hydrogens is 449 g/mol. The number of anilines is 1.